The predicted molar refractivity (Wildman–Crippen MR) is 79.4 cm³/mol. The van der Waals surface area contributed by atoms with Crippen molar-refractivity contribution in [1.82, 2.24) is 9.97 Å². The molecule has 22 heavy (non-hydrogen) atoms. The second-order valence-corrected chi connectivity index (χ2v) is 4.30. The first-order chi connectivity index (χ1) is 10.6. The van der Waals surface area contributed by atoms with Gasteiger partial charge in [0.1, 0.15) is 5.82 Å². The first-order valence-electron chi connectivity index (χ1n) is 6.58. The van der Waals surface area contributed by atoms with Gasteiger partial charge in [0.05, 0.1) is 29.7 Å². The highest BCUT2D eigenvalue weighted by molar-refractivity contribution is 5.99. The van der Waals surface area contributed by atoms with Gasteiger partial charge in [-0.15, -0.1) is 0 Å². The first-order valence-corrected chi connectivity index (χ1v) is 6.58. The van der Waals surface area contributed by atoms with Gasteiger partial charge in [-0.3, -0.25) is 20.3 Å². The molecule has 0 spiro atoms. The SMILES string of the molecule is CCCON(C(=O)Nc1cnc[nH]1)c1cccc([N+](=O)[O-])c1. The minimum absolute atomic E-state index is 0.128. The first kappa shape index (κ1) is 15.4. The van der Waals surface area contributed by atoms with Crippen LogP contribution in [-0.4, -0.2) is 27.5 Å². The highest BCUT2D eigenvalue weighted by Crippen LogP contribution is 2.22. The maximum atomic E-state index is 12.3. The molecule has 0 unspecified atom stereocenters. The van der Waals surface area contributed by atoms with Crippen LogP contribution in [0.3, 0.4) is 0 Å². The van der Waals surface area contributed by atoms with E-state index in [1.54, 1.807) is 6.07 Å². The minimum atomic E-state index is -0.585. The van der Waals surface area contributed by atoms with Gasteiger partial charge >= 0.3 is 6.03 Å². The number of carbonyl (C=O) groups is 1. The number of anilines is 2. The van der Waals surface area contributed by atoms with Crippen molar-refractivity contribution >= 4 is 23.2 Å². The molecular formula is C13H15N5O4. The Kier molecular flexibility index (Phi) is 5.04. The van der Waals surface area contributed by atoms with Gasteiger partial charge in [0.25, 0.3) is 5.69 Å². The smallest absolute Gasteiger partial charge is 0.331 e. The number of nitrogens with zero attached hydrogens (tertiary/aromatic N) is 3. The van der Waals surface area contributed by atoms with Gasteiger partial charge < -0.3 is 4.98 Å². The number of nitro groups is 1. The third-order valence-corrected chi connectivity index (χ3v) is 2.62. The third kappa shape index (κ3) is 3.79. The van der Waals surface area contributed by atoms with Crippen molar-refractivity contribution in [2.75, 3.05) is 17.0 Å². The Bertz CT molecular complexity index is 644. The number of H-pyrrole nitrogens is 1. The monoisotopic (exact) mass is 305 g/mol. The number of hydroxylamine groups is 1. The number of urea groups is 1. The number of nitrogens with one attached hydrogen (secondary N) is 2. The molecule has 2 amide bonds. The van der Waals surface area contributed by atoms with Crippen LogP contribution in [0.2, 0.25) is 0 Å². The van der Waals surface area contributed by atoms with Crippen molar-refractivity contribution in [3.63, 3.8) is 0 Å². The van der Waals surface area contributed by atoms with E-state index in [1.165, 1.54) is 30.7 Å². The fraction of sp³-hybridized carbons (Fsp3) is 0.231. The molecular weight excluding hydrogens is 290 g/mol. The molecule has 0 fully saturated rings. The minimum Gasteiger partial charge on any atom is -0.331 e. The van der Waals surface area contributed by atoms with E-state index in [-0.39, 0.29) is 11.4 Å². The maximum Gasteiger partial charge on any atom is 0.351 e. The molecule has 2 N–H and O–H groups in total. The van der Waals surface area contributed by atoms with E-state index in [0.717, 1.165) is 5.06 Å². The molecule has 2 rings (SSSR count). The lowest BCUT2D eigenvalue weighted by atomic mass is 10.3. The molecule has 0 atom stereocenters. The van der Waals surface area contributed by atoms with Crippen molar-refractivity contribution in [3.8, 4) is 0 Å². The summed E-state index contributed by atoms with van der Waals surface area (Å²) < 4.78 is 0. The van der Waals surface area contributed by atoms with Crippen molar-refractivity contribution in [2.45, 2.75) is 13.3 Å². The van der Waals surface area contributed by atoms with E-state index in [2.05, 4.69) is 15.3 Å². The third-order valence-electron chi connectivity index (χ3n) is 2.62. The van der Waals surface area contributed by atoms with Crippen LogP contribution >= 0.6 is 0 Å². The molecule has 1 heterocycles. The van der Waals surface area contributed by atoms with Crippen LogP contribution in [0.25, 0.3) is 0 Å². The molecule has 0 aliphatic rings. The van der Waals surface area contributed by atoms with Gasteiger partial charge in [0.2, 0.25) is 0 Å². The summed E-state index contributed by atoms with van der Waals surface area (Å²) in [7, 11) is 0. The summed E-state index contributed by atoms with van der Waals surface area (Å²) >= 11 is 0. The van der Waals surface area contributed by atoms with Crippen LogP contribution in [0.4, 0.5) is 22.0 Å². The number of hydrogen-bond acceptors (Lipinski definition) is 5. The quantitative estimate of drug-likeness (QED) is 0.629. The average molecular weight is 305 g/mol. The summed E-state index contributed by atoms with van der Waals surface area (Å²) in [6.45, 7) is 2.18. The summed E-state index contributed by atoms with van der Waals surface area (Å²) in [5, 5.41) is 14.4. The number of rotatable bonds is 6. The van der Waals surface area contributed by atoms with Gasteiger partial charge in [-0.25, -0.2) is 9.78 Å². The number of aromatic amines is 1. The zero-order valence-electron chi connectivity index (χ0n) is 11.9. The van der Waals surface area contributed by atoms with Crippen molar-refractivity contribution in [3.05, 3.63) is 46.9 Å². The number of aromatic nitrogens is 2. The van der Waals surface area contributed by atoms with Crippen molar-refractivity contribution < 1.29 is 14.6 Å². The number of non-ortho nitro benzene ring substituents is 1. The van der Waals surface area contributed by atoms with Crippen LogP contribution in [0.15, 0.2) is 36.8 Å². The number of amides is 2. The second-order valence-electron chi connectivity index (χ2n) is 4.30. The van der Waals surface area contributed by atoms with Gasteiger partial charge in [0, 0.05) is 12.1 Å². The Morgan fingerprint density at radius 2 is 2.36 bits per heavy atom. The van der Waals surface area contributed by atoms with E-state index in [0.29, 0.717) is 18.8 Å². The summed E-state index contributed by atoms with van der Waals surface area (Å²) in [5.41, 5.74) is 0.136. The van der Waals surface area contributed by atoms with E-state index in [4.69, 9.17) is 4.84 Å². The molecule has 9 nitrogen and oxygen atoms in total. The summed E-state index contributed by atoms with van der Waals surface area (Å²) in [6, 6.07) is 5.06. The Hall–Kier alpha value is -2.94. The summed E-state index contributed by atoms with van der Waals surface area (Å²) in [4.78, 5) is 34.5. The molecule has 9 heteroatoms. The number of nitro benzene ring substituents is 1. The number of hydrogen-bond donors (Lipinski definition) is 2. The molecule has 1 aromatic carbocycles. The number of imidazole rings is 1. The predicted octanol–water partition coefficient (Wildman–Crippen LogP) is 2.70. The number of carbonyl (C=O) groups excluding carboxylic acids is 1. The van der Waals surface area contributed by atoms with Gasteiger partial charge in [-0.05, 0) is 12.5 Å². The molecule has 0 aliphatic heterocycles. The Morgan fingerprint density at radius 1 is 1.55 bits per heavy atom. The zero-order chi connectivity index (χ0) is 15.9. The molecule has 0 radical (unpaired) electrons. The largest absolute Gasteiger partial charge is 0.351 e. The topological polar surface area (TPSA) is 113 Å². The lowest BCUT2D eigenvalue weighted by Crippen LogP contribution is -2.35. The maximum absolute atomic E-state index is 12.3. The lowest BCUT2D eigenvalue weighted by Gasteiger charge is -2.21. The molecule has 0 saturated heterocycles. The Labute approximate surface area is 126 Å². The molecule has 0 bridgehead atoms. The van der Waals surface area contributed by atoms with E-state index in [9.17, 15) is 14.9 Å². The standard InChI is InChI=1S/C13H15N5O4/c1-2-6-22-17(13(19)16-12-8-14-9-15-12)10-4-3-5-11(7-10)18(20)21/h3-5,7-9H,2,6H2,1H3,(H,14,15)(H,16,19). The van der Waals surface area contributed by atoms with Gasteiger partial charge in [0.15, 0.2) is 0 Å². The summed E-state index contributed by atoms with van der Waals surface area (Å²) in [5.74, 6) is 0.389. The molecule has 1 aromatic heterocycles. The van der Waals surface area contributed by atoms with E-state index < -0.39 is 11.0 Å². The number of benzene rings is 1. The lowest BCUT2D eigenvalue weighted by molar-refractivity contribution is -0.384. The molecule has 2 aromatic rings. The average Bonchev–Trinajstić information content (AvgIpc) is 3.01. The van der Waals surface area contributed by atoms with Crippen LogP contribution in [0.1, 0.15) is 13.3 Å². The fourth-order valence-corrected chi connectivity index (χ4v) is 1.66. The van der Waals surface area contributed by atoms with Crippen LogP contribution < -0.4 is 10.4 Å². The Balaban J connectivity index is 2.22. The fourth-order valence-electron chi connectivity index (χ4n) is 1.66. The normalized spacial score (nSPS) is 10.2. The highest BCUT2D eigenvalue weighted by atomic mass is 16.7. The second kappa shape index (κ2) is 7.18. The van der Waals surface area contributed by atoms with E-state index >= 15 is 0 Å². The van der Waals surface area contributed by atoms with Crippen LogP contribution in [0.5, 0.6) is 0 Å². The summed E-state index contributed by atoms with van der Waals surface area (Å²) in [6.07, 6.45) is 3.53. The van der Waals surface area contributed by atoms with Crippen LogP contribution in [0, 0.1) is 10.1 Å². The highest BCUT2D eigenvalue weighted by Gasteiger charge is 2.19. The molecule has 116 valence electrons. The van der Waals surface area contributed by atoms with Crippen LogP contribution in [-0.2, 0) is 4.84 Å². The molecule has 0 saturated carbocycles. The van der Waals surface area contributed by atoms with Gasteiger partial charge in [-0.1, -0.05) is 13.0 Å². The van der Waals surface area contributed by atoms with Crippen molar-refractivity contribution in [1.29, 1.82) is 0 Å². The zero-order valence-corrected chi connectivity index (χ0v) is 11.9. The van der Waals surface area contributed by atoms with E-state index in [1.807, 2.05) is 6.92 Å². The van der Waals surface area contributed by atoms with Gasteiger partial charge in [-0.2, -0.15) is 5.06 Å². The van der Waals surface area contributed by atoms with Crippen molar-refractivity contribution in [2.24, 2.45) is 0 Å². The Morgan fingerprint density at radius 3 is 3.00 bits per heavy atom. The molecule has 0 aliphatic carbocycles.